The first-order chi connectivity index (χ1) is 14.5. The van der Waals surface area contributed by atoms with Crippen molar-refractivity contribution in [1.29, 1.82) is 0 Å². The van der Waals surface area contributed by atoms with Gasteiger partial charge in [0.25, 0.3) is 5.91 Å². The van der Waals surface area contributed by atoms with Gasteiger partial charge in [0.2, 0.25) is 0 Å². The van der Waals surface area contributed by atoms with Crippen LogP contribution in [0.4, 0.5) is 11.4 Å². The molecule has 0 aromatic heterocycles. The molecule has 2 aromatic carbocycles. The van der Waals surface area contributed by atoms with Gasteiger partial charge in [0.05, 0.1) is 16.8 Å². The molecular weight excluding hydrogens is 421 g/mol. The van der Waals surface area contributed by atoms with Crippen LogP contribution < -0.4 is 16.2 Å². The van der Waals surface area contributed by atoms with E-state index in [9.17, 15) is 4.79 Å². The number of hydrogen-bond acceptors (Lipinski definition) is 5. The summed E-state index contributed by atoms with van der Waals surface area (Å²) in [6.45, 7) is 1.74. The lowest BCUT2D eigenvalue weighted by Gasteiger charge is -2.25. The van der Waals surface area contributed by atoms with E-state index in [1.165, 1.54) is 12.8 Å². The van der Waals surface area contributed by atoms with E-state index in [2.05, 4.69) is 10.5 Å². The number of hydrogen-bond donors (Lipinski definition) is 2. The predicted octanol–water partition coefficient (Wildman–Crippen LogP) is 4.79. The Kier molecular flexibility index (Phi) is 6.46. The van der Waals surface area contributed by atoms with Gasteiger partial charge in [-0.3, -0.25) is 15.2 Å². The Morgan fingerprint density at radius 3 is 2.40 bits per heavy atom. The summed E-state index contributed by atoms with van der Waals surface area (Å²) in [5.74, 6) is -0.162. The highest BCUT2D eigenvalue weighted by atomic mass is 35.5. The number of carbonyl (C=O) groups is 1. The largest absolute Gasteiger partial charge is 0.399 e. The second-order valence-corrected chi connectivity index (χ2v) is 8.56. The molecule has 3 N–H and O–H groups in total. The highest BCUT2D eigenvalue weighted by Gasteiger charge is 2.34. The van der Waals surface area contributed by atoms with E-state index >= 15 is 0 Å². The van der Waals surface area contributed by atoms with E-state index < -0.39 is 0 Å². The van der Waals surface area contributed by atoms with E-state index in [0.29, 0.717) is 33.6 Å². The van der Waals surface area contributed by atoms with Crippen molar-refractivity contribution >= 4 is 46.2 Å². The van der Waals surface area contributed by atoms with Gasteiger partial charge in [0.1, 0.15) is 5.71 Å². The molecular formula is C22H25Cl2N5O. The minimum Gasteiger partial charge on any atom is -0.399 e. The van der Waals surface area contributed by atoms with E-state index in [4.69, 9.17) is 28.9 Å². The van der Waals surface area contributed by atoms with Crippen LogP contribution in [0.3, 0.4) is 0 Å². The molecule has 0 saturated carbocycles. The zero-order valence-corrected chi connectivity index (χ0v) is 18.2. The van der Waals surface area contributed by atoms with Crippen molar-refractivity contribution in [3.05, 3.63) is 58.1 Å². The molecule has 158 valence electrons. The van der Waals surface area contributed by atoms with Crippen molar-refractivity contribution in [3.8, 4) is 0 Å². The lowest BCUT2D eigenvalue weighted by Crippen LogP contribution is -2.45. The molecule has 8 heteroatoms. The second kappa shape index (κ2) is 9.25. The zero-order valence-electron chi connectivity index (χ0n) is 16.7. The second-order valence-electron chi connectivity index (χ2n) is 7.72. The van der Waals surface area contributed by atoms with Gasteiger partial charge < -0.3 is 5.73 Å². The smallest absolute Gasteiger partial charge is 0.281 e. The van der Waals surface area contributed by atoms with E-state index in [1.54, 1.807) is 12.1 Å². The van der Waals surface area contributed by atoms with Crippen LogP contribution in [0, 0.1) is 0 Å². The summed E-state index contributed by atoms with van der Waals surface area (Å²) in [4.78, 5) is 13.0. The van der Waals surface area contributed by atoms with E-state index in [0.717, 1.165) is 31.5 Å². The summed E-state index contributed by atoms with van der Waals surface area (Å²) < 4.78 is 0. The number of nitrogens with two attached hydrogens (primary N) is 1. The lowest BCUT2D eigenvalue weighted by atomic mass is 10.0. The number of rotatable bonds is 4. The standard InChI is InChI=1S/C22H25Cl2N5O/c23-16-7-5-15(6-8-16)21-14-19(22(30)27-28-11-3-1-2-4-12-28)26-29(21)20-10-9-17(25)13-18(20)24/h5-10,13,21H,1-4,11-12,14,25H2,(H,27,30). The SMILES string of the molecule is Nc1ccc(N2N=C(C(=O)NN3CCCCCC3)CC2c2ccc(Cl)cc2)c(Cl)c1. The van der Waals surface area contributed by atoms with Crippen molar-refractivity contribution in [1.82, 2.24) is 10.4 Å². The van der Waals surface area contributed by atoms with Gasteiger partial charge in [0.15, 0.2) is 0 Å². The first kappa shape index (κ1) is 21.0. The van der Waals surface area contributed by atoms with Crippen LogP contribution in [0.25, 0.3) is 0 Å². The Morgan fingerprint density at radius 2 is 1.73 bits per heavy atom. The van der Waals surface area contributed by atoms with Gasteiger partial charge in [-0.1, -0.05) is 48.2 Å². The molecule has 2 aromatic rings. The average molecular weight is 446 g/mol. The summed E-state index contributed by atoms with van der Waals surface area (Å²) in [6.07, 6.45) is 5.06. The van der Waals surface area contributed by atoms with Crippen LogP contribution in [-0.4, -0.2) is 29.7 Å². The topological polar surface area (TPSA) is 74.0 Å². The maximum absolute atomic E-state index is 13.0. The summed E-state index contributed by atoms with van der Waals surface area (Å²) in [5.41, 5.74) is 11.7. The van der Waals surface area contributed by atoms with Gasteiger partial charge in [-0.2, -0.15) is 5.10 Å². The molecule has 1 unspecified atom stereocenters. The normalized spacial score (nSPS) is 20.0. The van der Waals surface area contributed by atoms with Gasteiger partial charge in [0, 0.05) is 30.2 Å². The molecule has 30 heavy (non-hydrogen) atoms. The fourth-order valence-corrected chi connectivity index (χ4v) is 4.32. The molecule has 1 saturated heterocycles. The van der Waals surface area contributed by atoms with Crippen LogP contribution >= 0.6 is 23.2 Å². The van der Waals surface area contributed by atoms with Gasteiger partial charge in [-0.05, 0) is 48.7 Å². The van der Waals surface area contributed by atoms with Gasteiger partial charge in [-0.25, -0.2) is 5.01 Å². The fraction of sp³-hybridized carbons (Fsp3) is 0.364. The predicted molar refractivity (Wildman–Crippen MR) is 123 cm³/mol. The van der Waals surface area contributed by atoms with Crippen LogP contribution in [0.15, 0.2) is 47.6 Å². The molecule has 0 bridgehead atoms. The first-order valence-electron chi connectivity index (χ1n) is 10.2. The average Bonchev–Trinajstić information content (AvgIpc) is 3.00. The number of nitrogen functional groups attached to an aromatic ring is 1. The van der Waals surface area contributed by atoms with Gasteiger partial charge >= 0.3 is 0 Å². The summed E-state index contributed by atoms with van der Waals surface area (Å²) in [6, 6.07) is 12.7. The third-order valence-corrected chi connectivity index (χ3v) is 6.07. The third-order valence-electron chi connectivity index (χ3n) is 5.51. The molecule has 4 rings (SSSR count). The maximum Gasteiger partial charge on any atom is 0.281 e. The molecule has 2 aliphatic heterocycles. The molecule has 2 heterocycles. The number of halogens is 2. The highest BCUT2D eigenvalue weighted by Crippen LogP contribution is 2.39. The minimum absolute atomic E-state index is 0.159. The first-order valence-corrected chi connectivity index (χ1v) is 11.0. The minimum atomic E-state index is -0.162. The number of nitrogens with zero attached hydrogens (tertiary/aromatic N) is 3. The van der Waals surface area contributed by atoms with Crippen molar-refractivity contribution < 1.29 is 4.79 Å². The van der Waals surface area contributed by atoms with Crippen LogP contribution in [0.5, 0.6) is 0 Å². The monoisotopic (exact) mass is 445 g/mol. The van der Waals surface area contributed by atoms with E-state index in [1.807, 2.05) is 40.3 Å². The Morgan fingerprint density at radius 1 is 1.03 bits per heavy atom. The number of hydrazone groups is 1. The molecule has 2 aliphatic rings. The van der Waals surface area contributed by atoms with Crippen molar-refractivity contribution in [3.63, 3.8) is 0 Å². The molecule has 1 amide bonds. The highest BCUT2D eigenvalue weighted by molar-refractivity contribution is 6.40. The Hall–Kier alpha value is -2.28. The number of nitrogens with one attached hydrogen (secondary N) is 1. The fourth-order valence-electron chi connectivity index (χ4n) is 3.91. The summed E-state index contributed by atoms with van der Waals surface area (Å²) >= 11 is 12.5. The van der Waals surface area contributed by atoms with Crippen LogP contribution in [-0.2, 0) is 4.79 Å². The summed E-state index contributed by atoms with van der Waals surface area (Å²) in [5, 5.41) is 9.64. The quantitative estimate of drug-likeness (QED) is 0.663. The lowest BCUT2D eigenvalue weighted by molar-refractivity contribution is -0.119. The number of carbonyl (C=O) groups excluding carboxylic acids is 1. The maximum atomic E-state index is 13.0. The van der Waals surface area contributed by atoms with Crippen molar-refractivity contribution in [2.24, 2.45) is 5.10 Å². The molecule has 0 aliphatic carbocycles. The van der Waals surface area contributed by atoms with Gasteiger partial charge in [-0.15, -0.1) is 0 Å². The van der Waals surface area contributed by atoms with Crippen molar-refractivity contribution in [2.45, 2.75) is 38.1 Å². The molecule has 0 radical (unpaired) electrons. The van der Waals surface area contributed by atoms with E-state index in [-0.39, 0.29) is 11.9 Å². The molecule has 6 nitrogen and oxygen atoms in total. The Labute approximate surface area is 186 Å². The molecule has 1 fully saturated rings. The van der Waals surface area contributed by atoms with Crippen molar-refractivity contribution in [2.75, 3.05) is 23.8 Å². The zero-order chi connectivity index (χ0) is 21.1. The number of anilines is 2. The third kappa shape index (κ3) is 4.72. The molecule has 0 spiro atoms. The summed E-state index contributed by atoms with van der Waals surface area (Å²) in [7, 11) is 0. The Balaban J connectivity index is 1.61. The van der Waals surface area contributed by atoms with Crippen LogP contribution in [0.1, 0.15) is 43.7 Å². The number of benzene rings is 2. The Bertz CT molecular complexity index is 939. The number of amides is 1. The van der Waals surface area contributed by atoms with Crippen LogP contribution in [0.2, 0.25) is 10.0 Å². The number of hydrazine groups is 1. The molecule has 1 atom stereocenters.